The normalized spacial score (nSPS) is 13.2. The first-order valence-electron chi connectivity index (χ1n) is 13.3. The van der Waals surface area contributed by atoms with Gasteiger partial charge in [-0.1, -0.05) is 64.7 Å². The van der Waals surface area contributed by atoms with Gasteiger partial charge in [-0.25, -0.2) is 0 Å². The lowest BCUT2D eigenvalue weighted by atomic mass is 10.1. The number of ether oxygens (including phenoxy) is 1. The number of hydrogen-bond acceptors (Lipinski definition) is 6. The lowest BCUT2D eigenvalue weighted by Gasteiger charge is -2.28. The fraction of sp³-hybridized carbons (Fsp3) is 1.00. The lowest BCUT2D eigenvalue weighted by Crippen LogP contribution is -2.42. The summed E-state index contributed by atoms with van der Waals surface area (Å²) in [4.78, 5) is 9.22. The number of rotatable bonds is 24. The molecule has 0 amide bonds. The SMILES string of the molecule is CCCCCCCCCCCCOCC(O)CN(C)CCN(CCN(C)C)CCN(C)C. The van der Waals surface area contributed by atoms with E-state index in [0.29, 0.717) is 13.2 Å². The van der Waals surface area contributed by atoms with E-state index in [-0.39, 0.29) is 0 Å². The van der Waals surface area contributed by atoms with Gasteiger partial charge in [-0.2, -0.15) is 0 Å². The number of hydrogen-bond donors (Lipinski definition) is 1. The van der Waals surface area contributed by atoms with Gasteiger partial charge in [-0.3, -0.25) is 4.90 Å². The molecule has 0 saturated carbocycles. The van der Waals surface area contributed by atoms with E-state index < -0.39 is 6.10 Å². The third kappa shape index (κ3) is 22.9. The van der Waals surface area contributed by atoms with Gasteiger partial charge in [0.15, 0.2) is 0 Å². The molecule has 0 fully saturated rings. The lowest BCUT2D eigenvalue weighted by molar-refractivity contribution is 0.0182. The number of nitrogens with zero attached hydrogens (tertiary/aromatic N) is 4. The highest BCUT2D eigenvalue weighted by Crippen LogP contribution is 2.10. The Morgan fingerprint density at radius 1 is 0.625 bits per heavy atom. The van der Waals surface area contributed by atoms with Crippen LogP contribution in [0, 0.1) is 0 Å². The summed E-state index contributed by atoms with van der Waals surface area (Å²) in [5.74, 6) is 0. The topological polar surface area (TPSA) is 42.4 Å². The Labute approximate surface area is 201 Å². The highest BCUT2D eigenvalue weighted by molar-refractivity contribution is 4.66. The molecule has 6 heteroatoms. The van der Waals surface area contributed by atoms with E-state index in [2.05, 4.69) is 61.8 Å². The van der Waals surface area contributed by atoms with Gasteiger partial charge in [-0.05, 0) is 41.7 Å². The number of aliphatic hydroxyl groups excluding tert-OH is 1. The maximum atomic E-state index is 10.3. The number of unbranched alkanes of at least 4 members (excludes halogenated alkanes) is 9. The second kappa shape index (κ2) is 22.5. The Hall–Kier alpha value is -0.240. The molecule has 1 atom stereocenters. The van der Waals surface area contributed by atoms with Crippen LogP contribution in [-0.4, -0.2) is 125 Å². The van der Waals surface area contributed by atoms with Crippen molar-refractivity contribution < 1.29 is 9.84 Å². The largest absolute Gasteiger partial charge is 0.389 e. The summed E-state index contributed by atoms with van der Waals surface area (Å²) < 4.78 is 5.73. The predicted octanol–water partition coefficient (Wildman–Crippen LogP) is 3.64. The fourth-order valence-corrected chi connectivity index (χ4v) is 3.75. The Morgan fingerprint density at radius 2 is 1.09 bits per heavy atom. The van der Waals surface area contributed by atoms with Gasteiger partial charge in [-0.15, -0.1) is 0 Å². The van der Waals surface area contributed by atoms with Crippen molar-refractivity contribution in [1.82, 2.24) is 19.6 Å². The van der Waals surface area contributed by atoms with Crippen molar-refractivity contribution in [1.29, 1.82) is 0 Å². The molecule has 0 heterocycles. The van der Waals surface area contributed by atoms with E-state index in [1.165, 1.54) is 57.8 Å². The van der Waals surface area contributed by atoms with E-state index in [0.717, 1.165) is 52.3 Å². The summed E-state index contributed by atoms with van der Waals surface area (Å²) in [7, 11) is 10.6. The standard InChI is InChI=1S/C26H58N4O2/c1-7-8-9-10-11-12-13-14-15-16-23-32-25-26(31)24-29(6)19-22-30(20-17-27(2)3)21-18-28(4)5/h26,31H,7-25H2,1-6H3. The summed E-state index contributed by atoms with van der Waals surface area (Å²) in [6.45, 7) is 10.5. The quantitative estimate of drug-likeness (QED) is 0.223. The zero-order valence-corrected chi connectivity index (χ0v) is 22.7. The molecule has 1 N–H and O–H groups in total. The minimum absolute atomic E-state index is 0.403. The summed E-state index contributed by atoms with van der Waals surface area (Å²) in [6, 6.07) is 0. The molecule has 6 nitrogen and oxygen atoms in total. The molecule has 0 bridgehead atoms. The van der Waals surface area contributed by atoms with Crippen molar-refractivity contribution in [2.45, 2.75) is 77.2 Å². The van der Waals surface area contributed by atoms with Gasteiger partial charge < -0.3 is 24.5 Å². The van der Waals surface area contributed by atoms with Gasteiger partial charge in [0.25, 0.3) is 0 Å². The molecule has 0 saturated heterocycles. The summed E-state index contributed by atoms with van der Waals surface area (Å²) in [5.41, 5.74) is 0. The van der Waals surface area contributed by atoms with Crippen LogP contribution >= 0.6 is 0 Å². The first-order valence-corrected chi connectivity index (χ1v) is 13.3. The van der Waals surface area contributed by atoms with Crippen LogP contribution in [0.4, 0.5) is 0 Å². The first kappa shape index (κ1) is 31.8. The maximum Gasteiger partial charge on any atom is 0.0900 e. The van der Waals surface area contributed by atoms with Crippen molar-refractivity contribution in [3.8, 4) is 0 Å². The first-order chi connectivity index (χ1) is 15.3. The van der Waals surface area contributed by atoms with Crippen molar-refractivity contribution in [3.63, 3.8) is 0 Å². The van der Waals surface area contributed by atoms with Crippen molar-refractivity contribution in [3.05, 3.63) is 0 Å². The zero-order valence-electron chi connectivity index (χ0n) is 22.7. The average Bonchev–Trinajstić information content (AvgIpc) is 2.73. The molecule has 0 aromatic rings. The van der Waals surface area contributed by atoms with Crippen LogP contribution in [0.5, 0.6) is 0 Å². The molecule has 0 radical (unpaired) electrons. The van der Waals surface area contributed by atoms with Crippen LogP contribution in [0.3, 0.4) is 0 Å². The molecule has 0 aliphatic carbocycles. The van der Waals surface area contributed by atoms with Crippen LogP contribution in [0.2, 0.25) is 0 Å². The monoisotopic (exact) mass is 458 g/mol. The Balaban J connectivity index is 3.72. The number of aliphatic hydroxyl groups is 1. The molecule has 194 valence electrons. The molecule has 0 spiro atoms. The van der Waals surface area contributed by atoms with Crippen molar-refractivity contribution in [2.75, 3.05) is 94.3 Å². The van der Waals surface area contributed by atoms with Gasteiger partial charge in [0.1, 0.15) is 0 Å². The zero-order chi connectivity index (χ0) is 24.0. The minimum Gasteiger partial charge on any atom is -0.389 e. The molecular formula is C26H58N4O2. The minimum atomic E-state index is -0.403. The highest BCUT2D eigenvalue weighted by Gasteiger charge is 2.11. The third-order valence-corrected chi connectivity index (χ3v) is 6.00. The van der Waals surface area contributed by atoms with E-state index >= 15 is 0 Å². The maximum absolute atomic E-state index is 10.3. The predicted molar refractivity (Wildman–Crippen MR) is 140 cm³/mol. The third-order valence-electron chi connectivity index (χ3n) is 6.00. The Morgan fingerprint density at radius 3 is 1.59 bits per heavy atom. The van der Waals surface area contributed by atoms with Crippen molar-refractivity contribution in [2.24, 2.45) is 0 Å². The average molecular weight is 459 g/mol. The Bertz CT molecular complexity index is 371. The molecule has 1 unspecified atom stereocenters. The highest BCUT2D eigenvalue weighted by atomic mass is 16.5. The van der Waals surface area contributed by atoms with Gasteiger partial charge >= 0.3 is 0 Å². The summed E-state index contributed by atoms with van der Waals surface area (Å²) in [6.07, 6.45) is 13.0. The van der Waals surface area contributed by atoms with Crippen LogP contribution in [0.1, 0.15) is 71.1 Å². The number of likely N-dealkylation sites (N-methyl/N-ethyl adjacent to an activating group) is 3. The second-order valence-corrected chi connectivity index (χ2v) is 10.1. The van der Waals surface area contributed by atoms with Gasteiger partial charge in [0, 0.05) is 52.4 Å². The van der Waals surface area contributed by atoms with Crippen molar-refractivity contribution >= 4 is 0 Å². The molecule has 0 aliphatic rings. The van der Waals surface area contributed by atoms with Crippen LogP contribution in [0.25, 0.3) is 0 Å². The summed E-state index contributed by atoms with van der Waals surface area (Å²) >= 11 is 0. The van der Waals surface area contributed by atoms with E-state index in [9.17, 15) is 5.11 Å². The second-order valence-electron chi connectivity index (χ2n) is 10.1. The molecule has 0 rings (SSSR count). The molecule has 0 aromatic heterocycles. The van der Waals surface area contributed by atoms with Gasteiger partial charge in [0.05, 0.1) is 12.7 Å². The van der Waals surface area contributed by atoms with E-state index in [1.807, 2.05) is 0 Å². The summed E-state index contributed by atoms with van der Waals surface area (Å²) in [5, 5.41) is 10.3. The van der Waals surface area contributed by atoms with Crippen LogP contribution in [0.15, 0.2) is 0 Å². The van der Waals surface area contributed by atoms with E-state index in [1.54, 1.807) is 0 Å². The van der Waals surface area contributed by atoms with Gasteiger partial charge in [0.2, 0.25) is 0 Å². The van der Waals surface area contributed by atoms with Crippen LogP contribution in [-0.2, 0) is 4.74 Å². The molecule has 0 aliphatic heterocycles. The molecular weight excluding hydrogens is 400 g/mol. The fourth-order valence-electron chi connectivity index (χ4n) is 3.75. The van der Waals surface area contributed by atoms with E-state index in [4.69, 9.17) is 4.74 Å². The molecule has 32 heavy (non-hydrogen) atoms. The van der Waals surface area contributed by atoms with Crippen LogP contribution < -0.4 is 0 Å². The smallest absolute Gasteiger partial charge is 0.0900 e. The Kier molecular flexibility index (Phi) is 22.4. The molecule has 0 aromatic carbocycles.